The maximum atomic E-state index is 12.2. The minimum absolute atomic E-state index is 0.0643. The number of unbranched alkanes of at least 4 members (excludes halogenated alkanes) is 15. The van der Waals surface area contributed by atoms with Crippen molar-refractivity contribution in [1.29, 1.82) is 0 Å². The Bertz CT molecular complexity index is 982. The molecule has 3 rings (SSSR count). The quantitative estimate of drug-likeness (QED) is 0.0956. The van der Waals surface area contributed by atoms with Crippen molar-refractivity contribution < 1.29 is 23.7 Å². The van der Waals surface area contributed by atoms with Gasteiger partial charge in [0.15, 0.2) is 0 Å². The second-order valence-electron chi connectivity index (χ2n) is 12.4. The van der Waals surface area contributed by atoms with Gasteiger partial charge in [0.25, 0.3) is 0 Å². The molecule has 1 N–H and O–H groups in total. The van der Waals surface area contributed by atoms with Gasteiger partial charge in [-0.1, -0.05) is 152 Å². The van der Waals surface area contributed by atoms with E-state index < -0.39 is 6.09 Å². The lowest BCUT2D eigenvalue weighted by atomic mass is 9.98. The number of rotatable bonds is 28. The number of nitrogens with one attached hydrogen (secondary N) is 1. The monoisotopic (exact) mass is 623 g/mol. The van der Waals surface area contributed by atoms with Gasteiger partial charge in [-0.3, -0.25) is 0 Å². The second-order valence-corrected chi connectivity index (χ2v) is 12.4. The standard InChI is InChI=1S/C39H61NO5/c1-2-3-4-5-6-7-8-9-10-11-12-13-14-15-16-21-27-42-29-31-44-32-30-43-28-26-40-39(41)45-33-38-36-24-19-17-22-34(36)35-23-18-20-25-37(35)38/h17-20,22-25,38H,2-16,21,26-33H2,1H3,(H,40,41). The number of hydrogen-bond acceptors (Lipinski definition) is 5. The van der Waals surface area contributed by atoms with Crippen molar-refractivity contribution in [2.45, 2.75) is 116 Å². The molecule has 0 fully saturated rings. The highest BCUT2D eigenvalue weighted by Crippen LogP contribution is 2.44. The summed E-state index contributed by atoms with van der Waals surface area (Å²) in [6.45, 7) is 6.47. The van der Waals surface area contributed by atoms with Gasteiger partial charge in [0.2, 0.25) is 0 Å². The van der Waals surface area contributed by atoms with Crippen molar-refractivity contribution in [3.8, 4) is 11.1 Å². The zero-order valence-corrected chi connectivity index (χ0v) is 28.2. The van der Waals surface area contributed by atoms with Crippen LogP contribution in [0.3, 0.4) is 0 Å². The number of carbonyl (C=O) groups excluding carboxylic acids is 1. The molecule has 0 unspecified atom stereocenters. The van der Waals surface area contributed by atoms with E-state index in [2.05, 4.69) is 36.5 Å². The molecule has 0 spiro atoms. The van der Waals surface area contributed by atoms with Crippen LogP contribution in [-0.2, 0) is 18.9 Å². The van der Waals surface area contributed by atoms with Gasteiger partial charge in [-0.15, -0.1) is 0 Å². The zero-order chi connectivity index (χ0) is 31.6. The van der Waals surface area contributed by atoms with Gasteiger partial charge < -0.3 is 24.3 Å². The Balaban J connectivity index is 1.01. The Morgan fingerprint density at radius 2 is 0.978 bits per heavy atom. The fourth-order valence-corrected chi connectivity index (χ4v) is 6.17. The summed E-state index contributed by atoms with van der Waals surface area (Å²) in [5, 5.41) is 2.77. The first-order valence-corrected chi connectivity index (χ1v) is 18.1. The molecule has 6 nitrogen and oxygen atoms in total. The van der Waals surface area contributed by atoms with Crippen LogP contribution in [0.2, 0.25) is 0 Å². The van der Waals surface area contributed by atoms with E-state index in [1.165, 1.54) is 119 Å². The molecule has 0 heterocycles. The first-order chi connectivity index (χ1) is 22.3. The van der Waals surface area contributed by atoms with E-state index in [0.29, 0.717) is 46.2 Å². The van der Waals surface area contributed by atoms with Crippen LogP contribution in [0.25, 0.3) is 11.1 Å². The summed E-state index contributed by atoms with van der Waals surface area (Å²) in [6.07, 6.45) is 21.7. The van der Waals surface area contributed by atoms with Gasteiger partial charge in [-0.05, 0) is 28.7 Å². The lowest BCUT2D eigenvalue weighted by Gasteiger charge is -2.14. The summed E-state index contributed by atoms with van der Waals surface area (Å²) < 4.78 is 22.4. The summed E-state index contributed by atoms with van der Waals surface area (Å²) >= 11 is 0. The Kier molecular flexibility index (Phi) is 20.4. The Labute approximate surface area is 274 Å². The Morgan fingerprint density at radius 1 is 0.556 bits per heavy atom. The highest BCUT2D eigenvalue weighted by atomic mass is 16.6. The third kappa shape index (κ3) is 15.6. The van der Waals surface area contributed by atoms with E-state index in [1.54, 1.807) is 0 Å². The zero-order valence-electron chi connectivity index (χ0n) is 28.2. The molecular formula is C39H61NO5. The molecule has 0 radical (unpaired) electrons. The highest BCUT2D eigenvalue weighted by Gasteiger charge is 2.28. The number of benzene rings is 2. The fourth-order valence-electron chi connectivity index (χ4n) is 6.17. The number of ether oxygens (including phenoxy) is 4. The first kappa shape index (κ1) is 37.1. The molecule has 2 aromatic rings. The molecule has 0 saturated heterocycles. The van der Waals surface area contributed by atoms with Crippen molar-refractivity contribution in [3.63, 3.8) is 0 Å². The second kappa shape index (κ2) is 24.8. The van der Waals surface area contributed by atoms with E-state index in [0.717, 1.165) is 13.0 Å². The predicted molar refractivity (Wildman–Crippen MR) is 185 cm³/mol. The van der Waals surface area contributed by atoms with E-state index in [4.69, 9.17) is 18.9 Å². The third-order valence-electron chi connectivity index (χ3n) is 8.75. The molecule has 0 saturated carbocycles. The molecule has 0 aromatic heterocycles. The molecule has 1 aliphatic rings. The molecule has 0 atom stereocenters. The van der Waals surface area contributed by atoms with Crippen molar-refractivity contribution in [3.05, 3.63) is 59.7 Å². The summed E-state index contributed by atoms with van der Waals surface area (Å²) in [5.41, 5.74) is 4.86. The average molecular weight is 624 g/mol. The van der Waals surface area contributed by atoms with Gasteiger partial charge in [-0.25, -0.2) is 4.79 Å². The topological polar surface area (TPSA) is 66.0 Å². The van der Waals surface area contributed by atoms with Crippen molar-refractivity contribution in [2.75, 3.05) is 52.8 Å². The van der Waals surface area contributed by atoms with Gasteiger partial charge in [0.05, 0.1) is 33.0 Å². The van der Waals surface area contributed by atoms with Gasteiger partial charge in [0, 0.05) is 19.1 Å². The van der Waals surface area contributed by atoms with Crippen molar-refractivity contribution >= 4 is 6.09 Å². The molecule has 2 aromatic carbocycles. The van der Waals surface area contributed by atoms with Crippen LogP contribution < -0.4 is 5.32 Å². The molecule has 1 aliphatic carbocycles. The van der Waals surface area contributed by atoms with Gasteiger partial charge >= 0.3 is 6.09 Å². The van der Waals surface area contributed by atoms with Crippen LogP contribution in [0.15, 0.2) is 48.5 Å². The summed E-state index contributed by atoms with van der Waals surface area (Å²) in [4.78, 5) is 12.2. The molecule has 1 amide bonds. The van der Waals surface area contributed by atoms with E-state index >= 15 is 0 Å². The van der Waals surface area contributed by atoms with Crippen LogP contribution in [0.4, 0.5) is 4.79 Å². The van der Waals surface area contributed by atoms with Gasteiger partial charge in [-0.2, -0.15) is 0 Å². The summed E-state index contributed by atoms with van der Waals surface area (Å²) in [6, 6.07) is 16.7. The summed E-state index contributed by atoms with van der Waals surface area (Å²) in [7, 11) is 0. The molecule has 252 valence electrons. The number of carbonyl (C=O) groups is 1. The maximum Gasteiger partial charge on any atom is 0.407 e. The van der Waals surface area contributed by atoms with Crippen LogP contribution >= 0.6 is 0 Å². The van der Waals surface area contributed by atoms with Gasteiger partial charge in [0.1, 0.15) is 6.61 Å². The minimum Gasteiger partial charge on any atom is -0.449 e. The van der Waals surface area contributed by atoms with Crippen LogP contribution in [0.1, 0.15) is 127 Å². The maximum absolute atomic E-state index is 12.2. The van der Waals surface area contributed by atoms with Crippen molar-refractivity contribution in [1.82, 2.24) is 5.32 Å². The predicted octanol–water partition coefficient (Wildman–Crippen LogP) is 9.84. The van der Waals surface area contributed by atoms with E-state index in [-0.39, 0.29) is 5.92 Å². The number of amides is 1. The van der Waals surface area contributed by atoms with Crippen molar-refractivity contribution in [2.24, 2.45) is 0 Å². The Hall–Kier alpha value is -2.41. The average Bonchev–Trinajstić information content (AvgIpc) is 3.39. The molecule has 6 heteroatoms. The molecular weight excluding hydrogens is 562 g/mol. The molecule has 0 aliphatic heterocycles. The smallest absolute Gasteiger partial charge is 0.407 e. The minimum atomic E-state index is -0.418. The number of alkyl carbamates (subject to hydrolysis) is 1. The largest absolute Gasteiger partial charge is 0.449 e. The van der Waals surface area contributed by atoms with Crippen LogP contribution in [-0.4, -0.2) is 58.9 Å². The van der Waals surface area contributed by atoms with E-state index in [1.807, 2.05) is 24.3 Å². The highest BCUT2D eigenvalue weighted by molar-refractivity contribution is 5.79. The lowest BCUT2D eigenvalue weighted by Crippen LogP contribution is -2.29. The fraction of sp³-hybridized carbons (Fsp3) is 0.667. The normalized spacial score (nSPS) is 12.3. The first-order valence-electron chi connectivity index (χ1n) is 18.1. The Morgan fingerprint density at radius 3 is 1.49 bits per heavy atom. The number of hydrogen-bond donors (Lipinski definition) is 1. The molecule has 0 bridgehead atoms. The lowest BCUT2D eigenvalue weighted by molar-refractivity contribution is 0.0143. The van der Waals surface area contributed by atoms with Crippen LogP contribution in [0, 0.1) is 0 Å². The van der Waals surface area contributed by atoms with E-state index in [9.17, 15) is 4.79 Å². The number of fused-ring (bicyclic) bond motifs is 3. The molecule has 45 heavy (non-hydrogen) atoms. The SMILES string of the molecule is CCCCCCCCCCCCCCCCCCOCCOCCOCCNC(=O)OCC1c2ccccc2-c2ccccc21. The third-order valence-corrected chi connectivity index (χ3v) is 8.75. The summed E-state index contributed by atoms with van der Waals surface area (Å²) in [5.74, 6) is 0.0643. The van der Waals surface area contributed by atoms with Crippen LogP contribution in [0.5, 0.6) is 0 Å².